The topological polar surface area (TPSA) is 67.4 Å². The van der Waals surface area contributed by atoms with Gasteiger partial charge in [-0.05, 0) is 24.6 Å². The number of aliphatic hydroxyl groups is 1. The molecule has 0 amide bonds. The Kier molecular flexibility index (Phi) is 2.68. The third-order valence-electron chi connectivity index (χ3n) is 2.96. The SMILES string of the molecule is Cc1cc2c(cc1-c1cnc(CO)[nH]1)OCCO2. The predicted molar refractivity (Wildman–Crippen MR) is 65.7 cm³/mol. The van der Waals surface area contributed by atoms with E-state index in [1.54, 1.807) is 6.20 Å². The molecule has 2 aromatic rings. The summed E-state index contributed by atoms with van der Waals surface area (Å²) in [5.41, 5.74) is 2.95. The average molecular weight is 246 g/mol. The zero-order valence-corrected chi connectivity index (χ0v) is 10.1. The quantitative estimate of drug-likeness (QED) is 0.845. The number of nitrogens with one attached hydrogen (secondary N) is 1. The zero-order valence-electron chi connectivity index (χ0n) is 10.1. The second kappa shape index (κ2) is 4.34. The first-order chi connectivity index (χ1) is 8.78. The van der Waals surface area contributed by atoms with Crippen molar-refractivity contribution in [1.29, 1.82) is 0 Å². The molecule has 1 aliphatic heterocycles. The van der Waals surface area contributed by atoms with Crippen LogP contribution in [0.4, 0.5) is 0 Å². The molecule has 0 unspecified atom stereocenters. The third-order valence-corrected chi connectivity index (χ3v) is 2.96. The zero-order chi connectivity index (χ0) is 12.5. The molecule has 2 N–H and O–H groups in total. The van der Waals surface area contributed by atoms with Crippen molar-refractivity contribution in [2.75, 3.05) is 13.2 Å². The van der Waals surface area contributed by atoms with Crippen LogP contribution in [0.25, 0.3) is 11.3 Å². The first-order valence-corrected chi connectivity index (χ1v) is 5.83. The van der Waals surface area contributed by atoms with Crippen LogP contribution in [0.15, 0.2) is 18.3 Å². The molecule has 5 heteroatoms. The summed E-state index contributed by atoms with van der Waals surface area (Å²) in [6.45, 7) is 3.07. The molecule has 2 heterocycles. The molecule has 0 radical (unpaired) electrons. The number of fused-ring (bicyclic) bond motifs is 1. The summed E-state index contributed by atoms with van der Waals surface area (Å²) in [7, 11) is 0. The van der Waals surface area contributed by atoms with Crippen LogP contribution in [0.5, 0.6) is 11.5 Å². The van der Waals surface area contributed by atoms with Gasteiger partial charge in [0.2, 0.25) is 0 Å². The molecule has 5 nitrogen and oxygen atoms in total. The molecule has 0 saturated heterocycles. The van der Waals surface area contributed by atoms with Gasteiger partial charge in [-0.25, -0.2) is 4.98 Å². The number of aromatic nitrogens is 2. The second-order valence-electron chi connectivity index (χ2n) is 4.21. The molecule has 0 saturated carbocycles. The van der Waals surface area contributed by atoms with E-state index in [1.165, 1.54) is 0 Å². The number of imidazole rings is 1. The van der Waals surface area contributed by atoms with Gasteiger partial charge in [-0.15, -0.1) is 0 Å². The van der Waals surface area contributed by atoms with Crippen LogP contribution in [0.1, 0.15) is 11.4 Å². The Morgan fingerprint density at radius 1 is 1.28 bits per heavy atom. The number of nitrogens with zero attached hydrogens (tertiary/aromatic N) is 1. The number of aromatic amines is 1. The van der Waals surface area contributed by atoms with E-state index in [4.69, 9.17) is 14.6 Å². The van der Waals surface area contributed by atoms with E-state index in [1.807, 2.05) is 19.1 Å². The molecule has 0 atom stereocenters. The molecule has 1 aromatic heterocycles. The summed E-state index contributed by atoms with van der Waals surface area (Å²) in [6, 6.07) is 3.90. The normalized spacial score (nSPS) is 13.7. The number of benzene rings is 1. The fraction of sp³-hybridized carbons (Fsp3) is 0.308. The van der Waals surface area contributed by atoms with Crippen molar-refractivity contribution in [1.82, 2.24) is 9.97 Å². The summed E-state index contributed by atoms with van der Waals surface area (Å²) in [5.74, 6) is 2.09. The van der Waals surface area contributed by atoms with E-state index in [-0.39, 0.29) is 6.61 Å². The standard InChI is InChI=1S/C13H14N2O3/c1-8-4-11-12(18-3-2-17-11)5-9(8)10-6-14-13(7-16)15-10/h4-6,16H,2-3,7H2,1H3,(H,14,15). The molecule has 0 fully saturated rings. The van der Waals surface area contributed by atoms with Gasteiger partial charge < -0.3 is 19.6 Å². The highest BCUT2D eigenvalue weighted by molar-refractivity contribution is 5.68. The Balaban J connectivity index is 2.06. The van der Waals surface area contributed by atoms with Gasteiger partial charge in [0.25, 0.3) is 0 Å². The monoisotopic (exact) mass is 246 g/mol. The first-order valence-electron chi connectivity index (χ1n) is 5.83. The maximum absolute atomic E-state index is 9.02. The Morgan fingerprint density at radius 2 is 2.00 bits per heavy atom. The maximum Gasteiger partial charge on any atom is 0.162 e. The van der Waals surface area contributed by atoms with Gasteiger partial charge >= 0.3 is 0 Å². The van der Waals surface area contributed by atoms with E-state index in [9.17, 15) is 0 Å². The lowest BCUT2D eigenvalue weighted by Crippen LogP contribution is -2.15. The number of rotatable bonds is 2. The van der Waals surface area contributed by atoms with Gasteiger partial charge in [-0.2, -0.15) is 0 Å². The van der Waals surface area contributed by atoms with Crippen LogP contribution < -0.4 is 9.47 Å². The molecule has 18 heavy (non-hydrogen) atoms. The molecule has 1 aromatic carbocycles. The fourth-order valence-corrected chi connectivity index (χ4v) is 2.06. The maximum atomic E-state index is 9.02. The Labute approximate surface area is 104 Å². The number of ether oxygens (including phenoxy) is 2. The van der Waals surface area contributed by atoms with E-state index in [2.05, 4.69) is 9.97 Å². The minimum atomic E-state index is -0.0937. The van der Waals surface area contributed by atoms with Crippen LogP contribution in [-0.4, -0.2) is 28.3 Å². The Bertz CT molecular complexity index is 578. The van der Waals surface area contributed by atoms with Crippen LogP contribution >= 0.6 is 0 Å². The number of aliphatic hydroxyl groups excluding tert-OH is 1. The molecule has 1 aliphatic rings. The number of hydrogen-bond acceptors (Lipinski definition) is 4. The van der Waals surface area contributed by atoms with Crippen LogP contribution in [0.2, 0.25) is 0 Å². The molecule has 0 bridgehead atoms. The van der Waals surface area contributed by atoms with Crippen molar-refractivity contribution < 1.29 is 14.6 Å². The summed E-state index contributed by atoms with van der Waals surface area (Å²) in [4.78, 5) is 7.16. The smallest absolute Gasteiger partial charge is 0.162 e. The van der Waals surface area contributed by atoms with Crippen LogP contribution in [0, 0.1) is 6.92 Å². The van der Waals surface area contributed by atoms with Gasteiger partial charge in [0.15, 0.2) is 11.5 Å². The fourth-order valence-electron chi connectivity index (χ4n) is 2.06. The van der Waals surface area contributed by atoms with E-state index in [0.717, 1.165) is 28.3 Å². The Hall–Kier alpha value is -2.01. The Morgan fingerprint density at radius 3 is 2.67 bits per heavy atom. The largest absolute Gasteiger partial charge is 0.486 e. The van der Waals surface area contributed by atoms with Crippen molar-refractivity contribution in [3.05, 3.63) is 29.7 Å². The summed E-state index contributed by atoms with van der Waals surface area (Å²) in [5, 5.41) is 9.02. The van der Waals surface area contributed by atoms with E-state index in [0.29, 0.717) is 19.0 Å². The lowest BCUT2D eigenvalue weighted by molar-refractivity contribution is 0.171. The highest BCUT2D eigenvalue weighted by Crippen LogP contribution is 2.36. The summed E-state index contributed by atoms with van der Waals surface area (Å²) < 4.78 is 11.1. The van der Waals surface area contributed by atoms with Gasteiger partial charge in [-0.3, -0.25) is 0 Å². The van der Waals surface area contributed by atoms with Gasteiger partial charge in [0.05, 0.1) is 11.9 Å². The van der Waals surface area contributed by atoms with Crippen molar-refractivity contribution in [3.63, 3.8) is 0 Å². The lowest BCUT2D eigenvalue weighted by atomic mass is 10.1. The number of hydrogen-bond donors (Lipinski definition) is 2. The number of aryl methyl sites for hydroxylation is 1. The molecular formula is C13H14N2O3. The van der Waals surface area contributed by atoms with E-state index < -0.39 is 0 Å². The van der Waals surface area contributed by atoms with Gasteiger partial charge in [0, 0.05) is 5.56 Å². The molecule has 3 rings (SSSR count). The average Bonchev–Trinajstić information content (AvgIpc) is 2.86. The van der Waals surface area contributed by atoms with Gasteiger partial charge in [0.1, 0.15) is 25.6 Å². The molecule has 0 spiro atoms. The minimum Gasteiger partial charge on any atom is -0.486 e. The van der Waals surface area contributed by atoms with Crippen molar-refractivity contribution in [2.24, 2.45) is 0 Å². The van der Waals surface area contributed by atoms with Crippen LogP contribution in [-0.2, 0) is 6.61 Å². The van der Waals surface area contributed by atoms with E-state index >= 15 is 0 Å². The second-order valence-corrected chi connectivity index (χ2v) is 4.21. The number of H-pyrrole nitrogens is 1. The van der Waals surface area contributed by atoms with Crippen molar-refractivity contribution in [2.45, 2.75) is 13.5 Å². The molecular weight excluding hydrogens is 232 g/mol. The van der Waals surface area contributed by atoms with Crippen molar-refractivity contribution in [3.8, 4) is 22.8 Å². The predicted octanol–water partition coefficient (Wildman–Crippen LogP) is 1.65. The first kappa shape index (κ1) is 11.1. The highest BCUT2D eigenvalue weighted by Gasteiger charge is 2.15. The molecule has 0 aliphatic carbocycles. The lowest BCUT2D eigenvalue weighted by Gasteiger charge is -2.20. The summed E-state index contributed by atoms with van der Waals surface area (Å²) in [6.07, 6.45) is 1.71. The third kappa shape index (κ3) is 1.82. The highest BCUT2D eigenvalue weighted by atomic mass is 16.6. The van der Waals surface area contributed by atoms with Crippen molar-refractivity contribution >= 4 is 0 Å². The minimum absolute atomic E-state index is 0.0937. The van der Waals surface area contributed by atoms with Crippen LogP contribution in [0.3, 0.4) is 0 Å². The molecule has 94 valence electrons. The van der Waals surface area contributed by atoms with Gasteiger partial charge in [-0.1, -0.05) is 0 Å². The summed E-state index contributed by atoms with van der Waals surface area (Å²) >= 11 is 0.